The number of anilines is 3. The van der Waals surface area contributed by atoms with Gasteiger partial charge in [-0.3, -0.25) is 35.8 Å². The summed E-state index contributed by atoms with van der Waals surface area (Å²) in [6.45, 7) is 0. The molecule has 0 saturated heterocycles. The molecule has 0 heterocycles. The Bertz CT molecular complexity index is 1380. The fourth-order valence-electron chi connectivity index (χ4n) is 3.60. The predicted molar refractivity (Wildman–Crippen MR) is 130 cm³/mol. The van der Waals surface area contributed by atoms with Crippen molar-refractivity contribution in [2.45, 2.75) is 0 Å². The molecule has 11 heteroatoms. The molecule has 0 saturated carbocycles. The summed E-state index contributed by atoms with van der Waals surface area (Å²) in [6.07, 6.45) is 0. The topological polar surface area (TPSA) is 145 Å². The van der Waals surface area contributed by atoms with Crippen LogP contribution < -0.4 is 10.4 Å². The lowest BCUT2D eigenvalue weighted by atomic mass is 10.0. The lowest BCUT2D eigenvalue weighted by molar-refractivity contribution is -0.402. The number of rotatable bonds is 8. The second-order valence-electron chi connectivity index (χ2n) is 7.30. The molecular weight excluding hydrogens is 454 g/mol. The van der Waals surface area contributed by atoms with Crippen molar-refractivity contribution >= 4 is 34.1 Å². The standard InChI is InChI=1S/C24H17N5O6/c30-27(31)19-15-22(28(32)33)24(23(16-19)29(34)35)26(18-11-5-2-6-12-18)25-21-14-8-7-13-20(21)17-9-3-1-4-10-17/h1-16,25H. The van der Waals surface area contributed by atoms with Gasteiger partial charge in [0.25, 0.3) is 5.69 Å². The van der Waals surface area contributed by atoms with Crippen LogP contribution in [-0.4, -0.2) is 14.8 Å². The molecule has 11 nitrogen and oxygen atoms in total. The highest BCUT2D eigenvalue weighted by molar-refractivity contribution is 5.87. The Morgan fingerprint density at radius 2 is 1.14 bits per heavy atom. The van der Waals surface area contributed by atoms with Gasteiger partial charge in [0.1, 0.15) is 0 Å². The second-order valence-corrected chi connectivity index (χ2v) is 7.30. The van der Waals surface area contributed by atoms with Crippen molar-refractivity contribution < 1.29 is 14.8 Å². The van der Waals surface area contributed by atoms with Crippen molar-refractivity contribution in [2.75, 3.05) is 10.4 Å². The van der Waals surface area contributed by atoms with Gasteiger partial charge >= 0.3 is 11.4 Å². The van der Waals surface area contributed by atoms with E-state index in [4.69, 9.17) is 0 Å². The Balaban J connectivity index is 1.97. The summed E-state index contributed by atoms with van der Waals surface area (Å²) in [4.78, 5) is 32.6. The first kappa shape index (κ1) is 22.9. The first-order valence-electron chi connectivity index (χ1n) is 10.2. The minimum atomic E-state index is -0.908. The first-order chi connectivity index (χ1) is 16.9. The van der Waals surface area contributed by atoms with Crippen molar-refractivity contribution in [3.63, 3.8) is 0 Å². The van der Waals surface area contributed by atoms with Crippen LogP contribution in [0.15, 0.2) is 97.1 Å². The van der Waals surface area contributed by atoms with E-state index in [-0.39, 0.29) is 0 Å². The highest BCUT2D eigenvalue weighted by Crippen LogP contribution is 2.44. The maximum atomic E-state index is 12.0. The number of para-hydroxylation sites is 2. The van der Waals surface area contributed by atoms with Crippen LogP contribution in [0, 0.1) is 30.3 Å². The van der Waals surface area contributed by atoms with E-state index >= 15 is 0 Å². The number of nitro benzene ring substituents is 3. The molecule has 0 aromatic heterocycles. The molecule has 0 aliphatic rings. The van der Waals surface area contributed by atoms with E-state index in [2.05, 4.69) is 5.43 Å². The van der Waals surface area contributed by atoms with E-state index in [0.29, 0.717) is 23.5 Å². The Kier molecular flexibility index (Phi) is 6.31. The Morgan fingerprint density at radius 1 is 0.629 bits per heavy atom. The van der Waals surface area contributed by atoms with Crippen LogP contribution in [-0.2, 0) is 0 Å². The summed E-state index contributed by atoms with van der Waals surface area (Å²) in [7, 11) is 0. The molecule has 0 radical (unpaired) electrons. The molecule has 0 spiro atoms. The summed E-state index contributed by atoms with van der Waals surface area (Å²) in [5.74, 6) is 0. The van der Waals surface area contributed by atoms with E-state index in [1.165, 1.54) is 5.01 Å². The van der Waals surface area contributed by atoms with Crippen LogP contribution >= 0.6 is 0 Å². The molecule has 0 bridgehead atoms. The molecule has 174 valence electrons. The van der Waals surface area contributed by atoms with Crippen LogP contribution in [0.5, 0.6) is 0 Å². The fraction of sp³-hybridized carbons (Fsp3) is 0. The number of hydrazine groups is 1. The number of hydrogen-bond donors (Lipinski definition) is 1. The summed E-state index contributed by atoms with van der Waals surface area (Å²) >= 11 is 0. The molecule has 0 atom stereocenters. The molecule has 35 heavy (non-hydrogen) atoms. The predicted octanol–water partition coefficient (Wildman–Crippen LogP) is 6.24. The summed E-state index contributed by atoms with van der Waals surface area (Å²) < 4.78 is 0. The van der Waals surface area contributed by atoms with Gasteiger partial charge in [-0.05, 0) is 23.8 Å². The molecule has 0 unspecified atom stereocenters. The van der Waals surface area contributed by atoms with Gasteiger partial charge in [-0.2, -0.15) is 0 Å². The van der Waals surface area contributed by atoms with Crippen molar-refractivity contribution in [3.8, 4) is 11.1 Å². The van der Waals surface area contributed by atoms with E-state index in [9.17, 15) is 30.3 Å². The third-order valence-corrected chi connectivity index (χ3v) is 5.14. The van der Waals surface area contributed by atoms with Gasteiger partial charge in [0.2, 0.25) is 5.69 Å². The maximum Gasteiger partial charge on any atom is 0.308 e. The highest BCUT2D eigenvalue weighted by atomic mass is 16.6. The number of nitrogens with zero attached hydrogens (tertiary/aromatic N) is 4. The van der Waals surface area contributed by atoms with Crippen LogP contribution in [0.25, 0.3) is 11.1 Å². The number of nitrogens with one attached hydrogen (secondary N) is 1. The molecule has 0 fully saturated rings. The Labute approximate surface area is 198 Å². The van der Waals surface area contributed by atoms with Crippen LogP contribution in [0.2, 0.25) is 0 Å². The van der Waals surface area contributed by atoms with Gasteiger partial charge in [0, 0.05) is 5.56 Å². The zero-order valence-electron chi connectivity index (χ0n) is 18.0. The van der Waals surface area contributed by atoms with Crippen molar-refractivity contribution in [3.05, 3.63) is 127 Å². The zero-order valence-corrected chi connectivity index (χ0v) is 18.0. The minimum absolute atomic E-state index is 0.343. The fourth-order valence-corrected chi connectivity index (χ4v) is 3.60. The van der Waals surface area contributed by atoms with Gasteiger partial charge < -0.3 is 0 Å². The molecular formula is C24H17N5O6. The zero-order chi connectivity index (χ0) is 24.9. The van der Waals surface area contributed by atoms with Gasteiger partial charge in [-0.1, -0.05) is 66.7 Å². The van der Waals surface area contributed by atoms with Crippen LogP contribution in [0.1, 0.15) is 0 Å². The van der Waals surface area contributed by atoms with Crippen LogP contribution in [0.3, 0.4) is 0 Å². The van der Waals surface area contributed by atoms with E-state index in [0.717, 1.165) is 11.1 Å². The van der Waals surface area contributed by atoms with Crippen molar-refractivity contribution in [1.29, 1.82) is 0 Å². The maximum absolute atomic E-state index is 12.0. The first-order valence-corrected chi connectivity index (χ1v) is 10.2. The SMILES string of the molecule is O=[N+]([O-])c1cc([N+](=O)[O-])c(N(Nc2ccccc2-c2ccccc2)c2ccccc2)c([N+](=O)[O-])c1. The van der Waals surface area contributed by atoms with Gasteiger partial charge in [-0.25, -0.2) is 5.01 Å². The average molecular weight is 471 g/mol. The molecule has 4 aromatic rings. The summed E-state index contributed by atoms with van der Waals surface area (Å²) in [5, 5.41) is 36.4. The Hall–Kier alpha value is -5.32. The van der Waals surface area contributed by atoms with Crippen LogP contribution in [0.4, 0.5) is 34.1 Å². The Morgan fingerprint density at radius 3 is 1.69 bits per heavy atom. The lowest BCUT2D eigenvalue weighted by Gasteiger charge is -2.27. The van der Waals surface area contributed by atoms with Crippen molar-refractivity contribution in [2.24, 2.45) is 0 Å². The van der Waals surface area contributed by atoms with Crippen molar-refractivity contribution in [1.82, 2.24) is 0 Å². The number of non-ortho nitro benzene ring substituents is 1. The molecule has 0 amide bonds. The molecule has 1 N–H and O–H groups in total. The molecule has 4 rings (SSSR count). The largest absolute Gasteiger partial charge is 0.308 e. The minimum Gasteiger partial charge on any atom is -0.293 e. The van der Waals surface area contributed by atoms with Gasteiger partial charge in [-0.15, -0.1) is 0 Å². The normalized spacial score (nSPS) is 10.4. The molecule has 0 aliphatic carbocycles. The smallest absolute Gasteiger partial charge is 0.293 e. The quantitative estimate of drug-likeness (QED) is 0.235. The monoisotopic (exact) mass is 471 g/mol. The lowest BCUT2D eigenvalue weighted by Crippen LogP contribution is -2.26. The van der Waals surface area contributed by atoms with E-state index in [1.807, 2.05) is 42.5 Å². The molecule has 0 aliphatic heterocycles. The highest BCUT2D eigenvalue weighted by Gasteiger charge is 2.35. The second kappa shape index (κ2) is 9.67. The summed E-state index contributed by atoms with van der Waals surface area (Å²) in [5.41, 5.74) is 2.71. The number of nitro groups is 3. The number of hydrogen-bond acceptors (Lipinski definition) is 8. The van der Waals surface area contributed by atoms with Gasteiger partial charge in [0.15, 0.2) is 0 Å². The number of benzene rings is 4. The molecule has 4 aromatic carbocycles. The third kappa shape index (κ3) is 4.73. The average Bonchev–Trinajstić information content (AvgIpc) is 2.87. The van der Waals surface area contributed by atoms with E-state index in [1.54, 1.807) is 42.5 Å². The third-order valence-electron chi connectivity index (χ3n) is 5.14. The summed E-state index contributed by atoms with van der Waals surface area (Å²) in [6, 6.07) is 26.1. The van der Waals surface area contributed by atoms with E-state index < -0.39 is 37.5 Å². The van der Waals surface area contributed by atoms with Gasteiger partial charge in [0.05, 0.1) is 38.3 Å².